The summed E-state index contributed by atoms with van der Waals surface area (Å²) < 4.78 is 0. The van der Waals surface area contributed by atoms with Crippen molar-refractivity contribution in [3.8, 4) is 0 Å². The Morgan fingerprint density at radius 2 is 2.00 bits per heavy atom. The largest absolute Gasteiger partial charge is 0.316 e. The Bertz CT molecular complexity index is 291. The third-order valence-corrected chi connectivity index (χ3v) is 2.66. The van der Waals surface area contributed by atoms with Crippen LogP contribution in [0, 0.1) is 13.8 Å². The van der Waals surface area contributed by atoms with E-state index in [-0.39, 0.29) is 0 Å². The molecule has 78 valence electrons. The van der Waals surface area contributed by atoms with Crippen molar-refractivity contribution in [2.45, 2.75) is 33.6 Å². The molecule has 0 heterocycles. The fourth-order valence-electron chi connectivity index (χ4n) is 1.85. The van der Waals surface area contributed by atoms with Crippen LogP contribution >= 0.6 is 0 Å². The first-order chi connectivity index (χ1) is 6.65. The standard InChI is InChI=1S/C13H21N/c1-5-14-9-12(4)13-7-6-10(2)8-11(13)3/h6-8,12,14H,5,9H2,1-4H3. The van der Waals surface area contributed by atoms with Gasteiger partial charge in [0.1, 0.15) is 0 Å². The number of hydrogen-bond donors (Lipinski definition) is 1. The molecule has 14 heavy (non-hydrogen) atoms. The highest BCUT2D eigenvalue weighted by Gasteiger charge is 2.07. The quantitative estimate of drug-likeness (QED) is 0.771. The van der Waals surface area contributed by atoms with Crippen molar-refractivity contribution in [1.82, 2.24) is 5.32 Å². The monoisotopic (exact) mass is 191 g/mol. The molecule has 1 heteroatoms. The van der Waals surface area contributed by atoms with E-state index in [2.05, 4.69) is 51.2 Å². The molecule has 0 aliphatic rings. The molecule has 1 aromatic carbocycles. The van der Waals surface area contributed by atoms with E-state index in [4.69, 9.17) is 0 Å². The van der Waals surface area contributed by atoms with E-state index < -0.39 is 0 Å². The molecule has 0 saturated carbocycles. The van der Waals surface area contributed by atoms with Crippen molar-refractivity contribution in [3.05, 3.63) is 34.9 Å². The third kappa shape index (κ3) is 2.85. The summed E-state index contributed by atoms with van der Waals surface area (Å²) in [4.78, 5) is 0. The molecule has 1 N–H and O–H groups in total. The molecule has 1 aromatic rings. The van der Waals surface area contributed by atoms with Crippen molar-refractivity contribution in [3.63, 3.8) is 0 Å². The number of likely N-dealkylation sites (N-methyl/N-ethyl adjacent to an activating group) is 1. The van der Waals surface area contributed by atoms with Gasteiger partial charge in [-0.25, -0.2) is 0 Å². The van der Waals surface area contributed by atoms with Gasteiger partial charge in [0, 0.05) is 6.54 Å². The summed E-state index contributed by atoms with van der Waals surface area (Å²) in [6.07, 6.45) is 0. The predicted molar refractivity (Wildman–Crippen MR) is 62.9 cm³/mol. The topological polar surface area (TPSA) is 12.0 Å². The lowest BCUT2D eigenvalue weighted by atomic mass is 9.95. The molecular weight excluding hydrogens is 170 g/mol. The molecule has 0 fully saturated rings. The SMILES string of the molecule is CCNCC(C)c1ccc(C)cc1C. The molecule has 1 nitrogen and oxygen atoms in total. The van der Waals surface area contributed by atoms with Gasteiger partial charge in [0.2, 0.25) is 0 Å². The van der Waals surface area contributed by atoms with Crippen LogP contribution in [0.15, 0.2) is 18.2 Å². The molecule has 0 amide bonds. The second kappa shape index (κ2) is 5.16. The molecule has 0 spiro atoms. The van der Waals surface area contributed by atoms with E-state index in [1.165, 1.54) is 16.7 Å². The highest BCUT2D eigenvalue weighted by atomic mass is 14.8. The maximum atomic E-state index is 3.39. The molecule has 0 radical (unpaired) electrons. The van der Waals surface area contributed by atoms with Gasteiger partial charge in [0.25, 0.3) is 0 Å². The summed E-state index contributed by atoms with van der Waals surface area (Å²) in [7, 11) is 0. The molecule has 0 aliphatic heterocycles. The summed E-state index contributed by atoms with van der Waals surface area (Å²) in [6, 6.07) is 6.72. The third-order valence-electron chi connectivity index (χ3n) is 2.66. The van der Waals surface area contributed by atoms with Gasteiger partial charge in [-0.15, -0.1) is 0 Å². The van der Waals surface area contributed by atoms with E-state index in [1.54, 1.807) is 0 Å². The molecule has 0 aliphatic carbocycles. The lowest BCUT2D eigenvalue weighted by Crippen LogP contribution is -2.19. The van der Waals surface area contributed by atoms with Crippen LogP contribution < -0.4 is 5.32 Å². The lowest BCUT2D eigenvalue weighted by Gasteiger charge is -2.15. The van der Waals surface area contributed by atoms with Crippen molar-refractivity contribution in [1.29, 1.82) is 0 Å². The smallest absolute Gasteiger partial charge is 0.00174 e. The molecule has 1 rings (SSSR count). The summed E-state index contributed by atoms with van der Waals surface area (Å²) in [5.74, 6) is 0.607. The molecular formula is C13H21N. The van der Waals surface area contributed by atoms with E-state index in [9.17, 15) is 0 Å². The second-order valence-electron chi connectivity index (χ2n) is 4.07. The Labute approximate surface area is 87.5 Å². The summed E-state index contributed by atoms with van der Waals surface area (Å²) in [5.41, 5.74) is 4.23. The van der Waals surface area contributed by atoms with Crippen molar-refractivity contribution in [2.75, 3.05) is 13.1 Å². The average Bonchev–Trinajstić information content (AvgIpc) is 2.14. The molecule has 0 saturated heterocycles. The lowest BCUT2D eigenvalue weighted by molar-refractivity contribution is 0.632. The van der Waals surface area contributed by atoms with Gasteiger partial charge >= 0.3 is 0 Å². The van der Waals surface area contributed by atoms with Gasteiger partial charge in [-0.1, -0.05) is 37.6 Å². The van der Waals surface area contributed by atoms with E-state index in [1.807, 2.05) is 0 Å². The van der Waals surface area contributed by atoms with Crippen LogP contribution in [0.2, 0.25) is 0 Å². The van der Waals surface area contributed by atoms with Crippen LogP contribution in [0.4, 0.5) is 0 Å². The van der Waals surface area contributed by atoms with Gasteiger partial charge in [0.15, 0.2) is 0 Å². The first kappa shape index (κ1) is 11.3. The van der Waals surface area contributed by atoms with Crippen molar-refractivity contribution in [2.24, 2.45) is 0 Å². The molecule has 0 bridgehead atoms. The highest BCUT2D eigenvalue weighted by molar-refractivity contribution is 5.32. The summed E-state index contributed by atoms with van der Waals surface area (Å²) in [6.45, 7) is 10.9. The number of benzene rings is 1. The van der Waals surface area contributed by atoms with E-state index >= 15 is 0 Å². The minimum absolute atomic E-state index is 0.607. The van der Waals surface area contributed by atoms with Crippen LogP contribution in [0.5, 0.6) is 0 Å². The minimum Gasteiger partial charge on any atom is -0.316 e. The van der Waals surface area contributed by atoms with Crippen LogP contribution in [-0.4, -0.2) is 13.1 Å². The van der Waals surface area contributed by atoms with Gasteiger partial charge in [0.05, 0.1) is 0 Å². The number of rotatable bonds is 4. The van der Waals surface area contributed by atoms with Gasteiger partial charge in [-0.3, -0.25) is 0 Å². The van der Waals surface area contributed by atoms with Crippen LogP contribution in [-0.2, 0) is 0 Å². The van der Waals surface area contributed by atoms with Gasteiger partial charge < -0.3 is 5.32 Å². The zero-order valence-corrected chi connectivity index (χ0v) is 9.72. The Kier molecular flexibility index (Phi) is 4.15. The Morgan fingerprint density at radius 3 is 2.57 bits per heavy atom. The van der Waals surface area contributed by atoms with Gasteiger partial charge in [-0.2, -0.15) is 0 Å². The van der Waals surface area contributed by atoms with E-state index in [0.717, 1.165) is 13.1 Å². The molecule has 0 aromatic heterocycles. The normalized spacial score (nSPS) is 12.9. The second-order valence-corrected chi connectivity index (χ2v) is 4.07. The maximum absolute atomic E-state index is 3.39. The number of hydrogen-bond acceptors (Lipinski definition) is 1. The van der Waals surface area contributed by atoms with Gasteiger partial charge in [-0.05, 0) is 37.4 Å². The zero-order valence-electron chi connectivity index (χ0n) is 9.72. The first-order valence-corrected chi connectivity index (χ1v) is 5.43. The van der Waals surface area contributed by atoms with E-state index in [0.29, 0.717) is 5.92 Å². The first-order valence-electron chi connectivity index (χ1n) is 5.43. The Balaban J connectivity index is 2.74. The summed E-state index contributed by atoms with van der Waals surface area (Å²) >= 11 is 0. The highest BCUT2D eigenvalue weighted by Crippen LogP contribution is 2.19. The van der Waals surface area contributed by atoms with Crippen LogP contribution in [0.3, 0.4) is 0 Å². The predicted octanol–water partition coefficient (Wildman–Crippen LogP) is 3.02. The minimum atomic E-state index is 0.607. The number of aryl methyl sites for hydroxylation is 2. The molecule has 1 atom stereocenters. The Hall–Kier alpha value is -0.820. The zero-order chi connectivity index (χ0) is 10.6. The number of nitrogens with one attached hydrogen (secondary N) is 1. The van der Waals surface area contributed by atoms with Crippen molar-refractivity contribution < 1.29 is 0 Å². The average molecular weight is 191 g/mol. The molecule has 1 unspecified atom stereocenters. The summed E-state index contributed by atoms with van der Waals surface area (Å²) in [5, 5.41) is 3.39. The maximum Gasteiger partial charge on any atom is 0.00174 e. The van der Waals surface area contributed by atoms with Crippen LogP contribution in [0.25, 0.3) is 0 Å². The fourth-order valence-corrected chi connectivity index (χ4v) is 1.85. The Morgan fingerprint density at radius 1 is 1.29 bits per heavy atom. The fraction of sp³-hybridized carbons (Fsp3) is 0.538. The van der Waals surface area contributed by atoms with Crippen LogP contribution in [0.1, 0.15) is 36.5 Å². The van der Waals surface area contributed by atoms with Crippen molar-refractivity contribution >= 4 is 0 Å².